The third-order valence-electron chi connectivity index (χ3n) is 5.19. The summed E-state index contributed by atoms with van der Waals surface area (Å²) >= 11 is 1.32. The highest BCUT2D eigenvalue weighted by atomic mass is 32.1. The number of esters is 1. The second-order valence-electron chi connectivity index (χ2n) is 8.62. The third-order valence-corrected chi connectivity index (χ3v) is 6.27. The highest BCUT2D eigenvalue weighted by Gasteiger charge is 2.29. The van der Waals surface area contributed by atoms with Gasteiger partial charge in [0.25, 0.3) is 0 Å². The maximum Gasteiger partial charge on any atom is 0.351 e. The average molecular weight is 404 g/mol. The van der Waals surface area contributed by atoms with Crippen molar-refractivity contribution in [3.05, 3.63) is 4.88 Å². The summed E-state index contributed by atoms with van der Waals surface area (Å²) in [6, 6.07) is 0. The molecule has 28 heavy (non-hydrogen) atoms. The zero-order valence-corrected chi connectivity index (χ0v) is 17.8. The average Bonchev–Trinajstić information content (AvgIpc) is 3.29. The van der Waals surface area contributed by atoms with Crippen LogP contribution in [0, 0.1) is 0 Å². The molecule has 152 valence electrons. The molecule has 0 saturated carbocycles. The van der Waals surface area contributed by atoms with E-state index in [1.54, 1.807) is 0 Å². The first kappa shape index (κ1) is 19.2. The van der Waals surface area contributed by atoms with E-state index in [9.17, 15) is 4.79 Å². The number of rotatable bonds is 3. The second kappa shape index (κ2) is 7.39. The van der Waals surface area contributed by atoms with Gasteiger partial charge in [-0.3, -0.25) is 0 Å². The molecule has 0 atom stereocenters. The number of fused-ring (bicyclic) bond motifs is 1. The summed E-state index contributed by atoms with van der Waals surface area (Å²) in [5.74, 6) is 1.23. The van der Waals surface area contributed by atoms with Crippen molar-refractivity contribution in [2.24, 2.45) is 0 Å². The zero-order chi connectivity index (χ0) is 19.9. The van der Waals surface area contributed by atoms with Crippen LogP contribution in [0.25, 0.3) is 10.2 Å². The molecule has 0 radical (unpaired) electrons. The van der Waals surface area contributed by atoms with Gasteiger partial charge in [-0.15, -0.1) is 11.3 Å². The van der Waals surface area contributed by atoms with Crippen LogP contribution >= 0.6 is 11.3 Å². The van der Waals surface area contributed by atoms with Gasteiger partial charge in [-0.05, 0) is 52.9 Å². The summed E-state index contributed by atoms with van der Waals surface area (Å²) in [6.07, 6.45) is 5.86. The van der Waals surface area contributed by atoms with E-state index >= 15 is 0 Å². The Kier molecular flexibility index (Phi) is 5.07. The first-order valence-corrected chi connectivity index (χ1v) is 11.0. The highest BCUT2D eigenvalue weighted by Crippen LogP contribution is 2.40. The molecule has 0 aromatic carbocycles. The molecule has 2 aromatic heterocycles. The number of piperidine rings is 1. The lowest BCUT2D eigenvalue weighted by Crippen LogP contribution is -2.31. The minimum Gasteiger partial charge on any atom is -0.456 e. The number of aromatic nitrogens is 2. The highest BCUT2D eigenvalue weighted by molar-refractivity contribution is 7.21. The Balaban J connectivity index is 1.82. The summed E-state index contributed by atoms with van der Waals surface area (Å²) in [4.78, 5) is 28.2. The molecule has 0 spiro atoms. The zero-order valence-electron chi connectivity index (χ0n) is 17.0. The van der Waals surface area contributed by atoms with Crippen LogP contribution in [-0.2, 0) is 4.74 Å². The van der Waals surface area contributed by atoms with Gasteiger partial charge in [-0.2, -0.15) is 4.98 Å². The largest absolute Gasteiger partial charge is 0.456 e. The number of carbonyl (C=O) groups is 1. The molecule has 0 unspecified atom stereocenters. The molecular formula is C20H29N5O2S. The molecule has 7 nitrogen and oxygen atoms in total. The van der Waals surface area contributed by atoms with Crippen molar-refractivity contribution in [3.8, 4) is 0 Å². The van der Waals surface area contributed by atoms with Gasteiger partial charge in [-0.25, -0.2) is 9.78 Å². The Morgan fingerprint density at radius 2 is 1.61 bits per heavy atom. The van der Waals surface area contributed by atoms with Gasteiger partial charge < -0.3 is 20.3 Å². The minimum absolute atomic E-state index is 0.389. The van der Waals surface area contributed by atoms with Gasteiger partial charge in [-0.1, -0.05) is 0 Å². The molecule has 0 aliphatic carbocycles. The van der Waals surface area contributed by atoms with Gasteiger partial charge in [0.15, 0.2) is 0 Å². The molecule has 4 rings (SSSR count). The summed E-state index contributed by atoms with van der Waals surface area (Å²) in [5, 5.41) is 0.802. The molecule has 2 aromatic rings. The quantitative estimate of drug-likeness (QED) is 0.780. The fourth-order valence-electron chi connectivity index (χ4n) is 3.86. The Labute approximate surface area is 169 Å². The van der Waals surface area contributed by atoms with E-state index in [1.165, 1.54) is 17.8 Å². The van der Waals surface area contributed by atoms with Crippen molar-refractivity contribution in [2.45, 2.75) is 58.5 Å². The van der Waals surface area contributed by atoms with Crippen molar-refractivity contribution < 1.29 is 9.53 Å². The lowest BCUT2D eigenvalue weighted by Gasteiger charge is -2.29. The number of hydrogen-bond acceptors (Lipinski definition) is 8. The second-order valence-corrected chi connectivity index (χ2v) is 9.62. The standard InChI is InChI=1S/C20H29N5O2S/c1-20(2,3)27-18(26)15-14(21)13-16(24-9-5-4-6-10-24)22-19(23-17(13)28-15)25-11-7-8-12-25/h4-12,21H2,1-3H3. The predicted molar refractivity (Wildman–Crippen MR) is 115 cm³/mol. The van der Waals surface area contributed by atoms with Crippen molar-refractivity contribution in [2.75, 3.05) is 41.7 Å². The van der Waals surface area contributed by atoms with Gasteiger partial charge in [0.2, 0.25) is 5.95 Å². The van der Waals surface area contributed by atoms with Crippen molar-refractivity contribution in [1.82, 2.24) is 9.97 Å². The van der Waals surface area contributed by atoms with Crippen LogP contribution in [0.3, 0.4) is 0 Å². The summed E-state index contributed by atoms with van der Waals surface area (Å²) in [6.45, 7) is 9.46. The number of thiophene rings is 1. The van der Waals surface area contributed by atoms with Crippen LogP contribution in [0.5, 0.6) is 0 Å². The van der Waals surface area contributed by atoms with E-state index in [2.05, 4.69) is 9.80 Å². The third kappa shape index (κ3) is 3.74. The number of nitrogens with two attached hydrogens (primary N) is 1. The summed E-state index contributed by atoms with van der Waals surface area (Å²) in [7, 11) is 0. The molecular weight excluding hydrogens is 374 g/mol. The van der Waals surface area contributed by atoms with E-state index in [1.807, 2.05) is 20.8 Å². The van der Waals surface area contributed by atoms with E-state index in [-0.39, 0.29) is 5.97 Å². The predicted octanol–water partition coefficient (Wildman–Crippen LogP) is 3.82. The smallest absolute Gasteiger partial charge is 0.351 e. The molecule has 2 aliphatic heterocycles. The molecule has 4 heterocycles. The Bertz CT molecular complexity index is 877. The summed E-state index contributed by atoms with van der Waals surface area (Å²) in [5.41, 5.74) is 6.34. The number of carbonyl (C=O) groups excluding carboxylic acids is 1. The summed E-state index contributed by atoms with van der Waals surface area (Å²) < 4.78 is 5.57. The van der Waals surface area contributed by atoms with E-state index in [0.717, 1.165) is 73.8 Å². The maximum absolute atomic E-state index is 12.7. The van der Waals surface area contributed by atoms with Gasteiger partial charge in [0.1, 0.15) is 21.1 Å². The fraction of sp³-hybridized carbons (Fsp3) is 0.650. The Morgan fingerprint density at radius 1 is 1.00 bits per heavy atom. The molecule has 2 fully saturated rings. The van der Waals surface area contributed by atoms with E-state index in [4.69, 9.17) is 20.4 Å². The number of hydrogen-bond donors (Lipinski definition) is 1. The normalized spacial score (nSPS) is 18.1. The van der Waals surface area contributed by atoms with E-state index in [0.29, 0.717) is 10.6 Å². The molecule has 2 saturated heterocycles. The van der Waals surface area contributed by atoms with Crippen molar-refractivity contribution in [1.29, 1.82) is 0 Å². The molecule has 0 bridgehead atoms. The molecule has 2 N–H and O–H groups in total. The fourth-order valence-corrected chi connectivity index (χ4v) is 4.82. The van der Waals surface area contributed by atoms with Crippen LogP contribution in [0.15, 0.2) is 0 Å². The first-order chi connectivity index (χ1) is 13.3. The van der Waals surface area contributed by atoms with Crippen molar-refractivity contribution in [3.63, 3.8) is 0 Å². The number of anilines is 3. The topological polar surface area (TPSA) is 84.6 Å². The molecule has 0 amide bonds. The van der Waals surface area contributed by atoms with Crippen LogP contribution in [-0.4, -0.2) is 47.7 Å². The van der Waals surface area contributed by atoms with Gasteiger partial charge >= 0.3 is 5.97 Å². The van der Waals surface area contributed by atoms with Gasteiger partial charge in [0, 0.05) is 26.2 Å². The Morgan fingerprint density at radius 3 is 2.25 bits per heavy atom. The lowest BCUT2D eigenvalue weighted by molar-refractivity contribution is 0.00764. The number of nitrogen functional groups attached to an aromatic ring is 1. The van der Waals surface area contributed by atoms with Crippen molar-refractivity contribution >= 4 is 45.0 Å². The number of ether oxygens (including phenoxy) is 1. The van der Waals surface area contributed by atoms with Gasteiger partial charge in [0.05, 0.1) is 11.1 Å². The molecule has 2 aliphatic rings. The number of nitrogens with zero attached hydrogens (tertiary/aromatic N) is 4. The SMILES string of the molecule is CC(C)(C)OC(=O)c1sc2nc(N3CCCC3)nc(N3CCCCC3)c2c1N. The van der Waals surface area contributed by atoms with E-state index < -0.39 is 5.60 Å². The Hall–Kier alpha value is -2.09. The minimum atomic E-state index is -0.568. The maximum atomic E-state index is 12.7. The lowest BCUT2D eigenvalue weighted by atomic mass is 10.1. The van der Waals surface area contributed by atoms with Crippen LogP contribution < -0.4 is 15.5 Å². The van der Waals surface area contributed by atoms with Crippen LogP contribution in [0.4, 0.5) is 17.5 Å². The van der Waals surface area contributed by atoms with Crippen LogP contribution in [0.2, 0.25) is 0 Å². The first-order valence-electron chi connectivity index (χ1n) is 10.2. The van der Waals surface area contributed by atoms with Crippen LogP contribution in [0.1, 0.15) is 62.5 Å². The monoisotopic (exact) mass is 403 g/mol. The molecule has 8 heteroatoms.